The van der Waals surface area contributed by atoms with Crippen molar-refractivity contribution in [2.24, 2.45) is 0 Å². The molecule has 1 atom stereocenters. The van der Waals surface area contributed by atoms with Gasteiger partial charge in [0.15, 0.2) is 0 Å². The second-order valence-electron chi connectivity index (χ2n) is 8.01. The number of carbonyl (C=O) groups is 1. The summed E-state index contributed by atoms with van der Waals surface area (Å²) in [4.78, 5) is 14.8. The van der Waals surface area contributed by atoms with Gasteiger partial charge in [-0.1, -0.05) is 12.1 Å². The minimum atomic E-state index is -4.46. The first kappa shape index (κ1) is 25.4. The SMILES string of the molecule is O=C([C@@H]1NCCC1=S(=O)=O)N(Cc1cccc(Oc2ccc(C(F)(F)F)cc2)c1)c1ccc(F)cc1. The van der Waals surface area contributed by atoms with Crippen molar-refractivity contribution < 1.29 is 35.5 Å². The lowest BCUT2D eigenvalue weighted by atomic mass is 10.1. The Hall–Kier alpha value is -3.70. The number of carbonyl (C=O) groups excluding carboxylic acids is 1. The maximum absolute atomic E-state index is 13.5. The number of hydrogen-bond acceptors (Lipinski definition) is 5. The van der Waals surface area contributed by atoms with Gasteiger partial charge < -0.3 is 15.0 Å². The van der Waals surface area contributed by atoms with Crippen molar-refractivity contribution in [3.63, 3.8) is 0 Å². The summed E-state index contributed by atoms with van der Waals surface area (Å²) in [6.07, 6.45) is -4.25. The molecule has 0 spiro atoms. The van der Waals surface area contributed by atoms with E-state index in [4.69, 9.17) is 4.74 Å². The number of alkyl halides is 3. The number of amides is 1. The van der Waals surface area contributed by atoms with Gasteiger partial charge in [-0.25, -0.2) is 4.39 Å². The van der Waals surface area contributed by atoms with Crippen LogP contribution in [0.2, 0.25) is 0 Å². The van der Waals surface area contributed by atoms with Crippen molar-refractivity contribution in [3.8, 4) is 11.5 Å². The highest BCUT2D eigenvalue weighted by atomic mass is 32.2. The number of nitrogens with one attached hydrogen (secondary N) is 1. The second kappa shape index (κ2) is 10.5. The van der Waals surface area contributed by atoms with E-state index in [0.29, 0.717) is 23.5 Å². The van der Waals surface area contributed by atoms with Crippen LogP contribution in [0.1, 0.15) is 17.5 Å². The molecule has 1 aliphatic rings. The Morgan fingerprint density at radius 3 is 2.33 bits per heavy atom. The molecule has 1 saturated heterocycles. The van der Waals surface area contributed by atoms with Crippen molar-refractivity contribution in [3.05, 3.63) is 89.7 Å². The van der Waals surface area contributed by atoms with Crippen LogP contribution in [0.5, 0.6) is 11.5 Å². The third kappa shape index (κ3) is 5.92. The molecule has 6 nitrogen and oxygen atoms in total. The number of ether oxygens (including phenoxy) is 1. The van der Waals surface area contributed by atoms with Crippen LogP contribution in [0.25, 0.3) is 0 Å². The number of halogens is 4. The van der Waals surface area contributed by atoms with Gasteiger partial charge in [0.25, 0.3) is 0 Å². The molecular formula is C25H20F4N2O4S. The number of hydrogen-bond donors (Lipinski definition) is 1. The van der Waals surface area contributed by atoms with E-state index in [1.165, 1.54) is 41.3 Å². The monoisotopic (exact) mass is 520 g/mol. The summed E-state index contributed by atoms with van der Waals surface area (Å²) in [5, 5.41) is 2.89. The molecule has 0 bridgehead atoms. The first-order valence-corrected chi connectivity index (χ1v) is 11.9. The Morgan fingerprint density at radius 1 is 1.00 bits per heavy atom. The van der Waals surface area contributed by atoms with Gasteiger partial charge in [0.05, 0.1) is 17.0 Å². The standard InChI is InChI=1S/C25H20F4N2O4S/c26-18-6-8-19(9-7-18)31(24(32)23-22(36(33)34)12-13-30-23)15-16-2-1-3-21(14-16)35-20-10-4-17(5-11-20)25(27,28)29/h1-11,14,23,30H,12-13,15H2/t23-/m1/s1. The van der Waals surface area contributed by atoms with Gasteiger partial charge in [-0.15, -0.1) is 0 Å². The largest absolute Gasteiger partial charge is 0.457 e. The molecule has 0 aromatic heterocycles. The minimum absolute atomic E-state index is 0.00558. The van der Waals surface area contributed by atoms with Crippen LogP contribution in [0.4, 0.5) is 23.2 Å². The van der Waals surface area contributed by atoms with E-state index >= 15 is 0 Å². The van der Waals surface area contributed by atoms with Crippen LogP contribution in [-0.2, 0) is 27.8 Å². The molecule has 1 heterocycles. The van der Waals surface area contributed by atoms with Gasteiger partial charge in [0.2, 0.25) is 16.2 Å². The Labute approximate surface area is 205 Å². The van der Waals surface area contributed by atoms with Gasteiger partial charge >= 0.3 is 6.18 Å². The molecular weight excluding hydrogens is 500 g/mol. The molecule has 0 aliphatic carbocycles. The van der Waals surface area contributed by atoms with Crippen LogP contribution < -0.4 is 15.0 Å². The highest BCUT2D eigenvalue weighted by Gasteiger charge is 2.34. The average Bonchev–Trinajstić information content (AvgIpc) is 3.33. The van der Waals surface area contributed by atoms with Crippen LogP contribution in [0.3, 0.4) is 0 Å². The zero-order valence-corrected chi connectivity index (χ0v) is 19.4. The molecule has 188 valence electrons. The molecule has 36 heavy (non-hydrogen) atoms. The van der Waals surface area contributed by atoms with E-state index in [1.807, 2.05) is 0 Å². The summed E-state index contributed by atoms with van der Waals surface area (Å²) in [7, 11) is -2.54. The summed E-state index contributed by atoms with van der Waals surface area (Å²) < 4.78 is 80.8. The molecule has 0 radical (unpaired) electrons. The van der Waals surface area contributed by atoms with Crippen LogP contribution in [-0.4, -0.2) is 31.8 Å². The normalized spacial score (nSPS) is 15.6. The van der Waals surface area contributed by atoms with E-state index < -0.39 is 39.8 Å². The van der Waals surface area contributed by atoms with Crippen LogP contribution in [0.15, 0.2) is 72.8 Å². The number of nitrogens with zero attached hydrogens (tertiary/aromatic N) is 1. The highest BCUT2D eigenvalue weighted by Crippen LogP contribution is 2.32. The third-order valence-corrected chi connectivity index (χ3v) is 6.43. The van der Waals surface area contributed by atoms with Crippen molar-refractivity contribution >= 4 is 26.8 Å². The Balaban J connectivity index is 1.59. The van der Waals surface area contributed by atoms with E-state index in [2.05, 4.69) is 5.32 Å². The van der Waals surface area contributed by atoms with Gasteiger partial charge in [-0.3, -0.25) is 4.79 Å². The van der Waals surface area contributed by atoms with Crippen LogP contribution in [0, 0.1) is 5.82 Å². The highest BCUT2D eigenvalue weighted by molar-refractivity contribution is 7.73. The molecule has 0 saturated carbocycles. The van der Waals surface area contributed by atoms with Crippen molar-refractivity contribution in [1.29, 1.82) is 0 Å². The Kier molecular flexibility index (Phi) is 7.41. The average molecular weight is 521 g/mol. The molecule has 3 aromatic rings. The minimum Gasteiger partial charge on any atom is -0.457 e. The fourth-order valence-corrected chi connectivity index (χ4v) is 4.46. The number of rotatable bonds is 6. The Bertz CT molecular complexity index is 1380. The van der Waals surface area contributed by atoms with E-state index in [-0.39, 0.29) is 23.6 Å². The van der Waals surface area contributed by atoms with E-state index in [9.17, 15) is 30.8 Å². The summed E-state index contributed by atoms with van der Waals surface area (Å²) >= 11 is 0. The third-order valence-electron chi connectivity index (χ3n) is 5.56. The molecule has 4 rings (SSSR count). The number of anilines is 1. The van der Waals surface area contributed by atoms with Gasteiger partial charge in [0.1, 0.15) is 23.4 Å². The maximum atomic E-state index is 13.5. The zero-order chi connectivity index (χ0) is 25.9. The smallest absolute Gasteiger partial charge is 0.416 e. The predicted octanol–water partition coefficient (Wildman–Crippen LogP) is 4.58. The quantitative estimate of drug-likeness (QED) is 0.380. The lowest BCUT2D eigenvalue weighted by Crippen LogP contribution is -2.46. The molecule has 0 unspecified atom stereocenters. The van der Waals surface area contributed by atoms with Crippen molar-refractivity contribution in [2.75, 3.05) is 11.4 Å². The second-order valence-corrected chi connectivity index (χ2v) is 9.00. The lowest BCUT2D eigenvalue weighted by Gasteiger charge is -2.26. The number of benzene rings is 3. The summed E-state index contributed by atoms with van der Waals surface area (Å²) in [6, 6.07) is 15.0. The molecule has 11 heteroatoms. The fourth-order valence-electron chi connectivity index (χ4n) is 3.81. The molecule has 3 aromatic carbocycles. The maximum Gasteiger partial charge on any atom is 0.416 e. The van der Waals surface area contributed by atoms with E-state index in [1.54, 1.807) is 24.3 Å². The Morgan fingerprint density at radius 2 is 1.69 bits per heavy atom. The van der Waals surface area contributed by atoms with Gasteiger partial charge in [-0.2, -0.15) is 21.6 Å². The first-order valence-electron chi connectivity index (χ1n) is 10.8. The molecule has 1 amide bonds. The van der Waals surface area contributed by atoms with Crippen molar-refractivity contribution in [1.82, 2.24) is 5.32 Å². The van der Waals surface area contributed by atoms with Crippen LogP contribution >= 0.6 is 0 Å². The van der Waals surface area contributed by atoms with Gasteiger partial charge in [-0.05, 0) is 72.6 Å². The topological polar surface area (TPSA) is 75.7 Å². The van der Waals surface area contributed by atoms with Crippen molar-refractivity contribution in [2.45, 2.75) is 25.2 Å². The van der Waals surface area contributed by atoms with E-state index in [0.717, 1.165) is 12.1 Å². The summed E-state index contributed by atoms with van der Waals surface area (Å²) in [6.45, 7) is 0.332. The predicted molar refractivity (Wildman–Crippen MR) is 126 cm³/mol. The summed E-state index contributed by atoms with van der Waals surface area (Å²) in [5.74, 6) is -0.498. The lowest BCUT2D eigenvalue weighted by molar-refractivity contribution is -0.137. The first-order chi connectivity index (χ1) is 17.1. The molecule has 1 N–H and O–H groups in total. The zero-order valence-electron chi connectivity index (χ0n) is 18.6. The van der Waals surface area contributed by atoms with Gasteiger partial charge in [0, 0.05) is 12.2 Å². The molecule has 1 fully saturated rings. The molecule has 1 aliphatic heterocycles. The fraction of sp³-hybridized carbons (Fsp3) is 0.200. The summed E-state index contributed by atoms with van der Waals surface area (Å²) in [5.41, 5.74) is 0.160.